The van der Waals surface area contributed by atoms with Crippen molar-refractivity contribution in [1.82, 2.24) is 0 Å². The van der Waals surface area contributed by atoms with Crippen LogP contribution in [0.15, 0.2) is 45.6 Å². The van der Waals surface area contributed by atoms with Gasteiger partial charge >= 0.3 is 5.97 Å². The third kappa shape index (κ3) is 8.13. The van der Waals surface area contributed by atoms with Gasteiger partial charge in [0.1, 0.15) is 95.9 Å². The largest absolute Gasteiger partial charge is 0.508 e. The number of benzene rings is 2. The molecule has 2 aromatic carbocycles. The smallest absolute Gasteiger partial charge is 0.302 e. The van der Waals surface area contributed by atoms with Gasteiger partial charge in [-0.15, -0.1) is 0 Å². The van der Waals surface area contributed by atoms with Crippen molar-refractivity contribution in [2.75, 3.05) is 13.2 Å². The monoisotopic (exact) mass is 798 g/mol. The van der Waals surface area contributed by atoms with Gasteiger partial charge < -0.3 is 93.7 Å². The molecular formula is C35H42O21. The predicted octanol–water partition coefficient (Wildman–Crippen LogP) is -3.35. The SMILES string of the molecule is CC(=O)OC[C@@H]1O[C@H](Oc2c(-c3ccc(O)cc3)oc3cc(O[C@@H]4O[C@H](CO)[C@H](O)[C@@H](O)[C@@H]4O)cc(O)c3c2=O)[C@@H](O[C@@H]2O[C@H](C)[C@H](O)[C@@H](O)[C@H]2O)[C@H](O)[C@H]1O. The Kier molecular flexibility index (Phi) is 12.4. The minimum atomic E-state index is -1.98. The van der Waals surface area contributed by atoms with Crippen LogP contribution in [0.3, 0.4) is 0 Å². The number of fused-ring (bicyclic) bond motifs is 1. The lowest BCUT2D eigenvalue weighted by Gasteiger charge is -2.45. The molecule has 0 amide bonds. The van der Waals surface area contributed by atoms with E-state index in [4.69, 9.17) is 37.6 Å². The van der Waals surface area contributed by atoms with E-state index in [9.17, 15) is 65.8 Å². The summed E-state index contributed by atoms with van der Waals surface area (Å²) in [6.45, 7) is 1.06. The molecule has 1 aromatic heterocycles. The summed E-state index contributed by atoms with van der Waals surface area (Å²) in [6, 6.07) is 7.14. The van der Waals surface area contributed by atoms with Gasteiger partial charge in [0, 0.05) is 24.6 Å². The Balaban J connectivity index is 1.42. The number of hydrogen-bond acceptors (Lipinski definition) is 21. The molecule has 0 saturated carbocycles. The number of phenolic OH excluding ortho intramolecular Hbond substituents is 2. The number of phenols is 2. The van der Waals surface area contributed by atoms with Crippen LogP contribution < -0.4 is 14.9 Å². The highest BCUT2D eigenvalue weighted by Crippen LogP contribution is 2.39. The van der Waals surface area contributed by atoms with Crippen molar-refractivity contribution < 1.29 is 98.5 Å². The van der Waals surface area contributed by atoms with Crippen LogP contribution in [-0.2, 0) is 28.5 Å². The van der Waals surface area contributed by atoms with Gasteiger partial charge in [0.25, 0.3) is 0 Å². The number of rotatable bonds is 10. The highest BCUT2D eigenvalue weighted by Gasteiger charge is 2.52. The van der Waals surface area contributed by atoms with Crippen molar-refractivity contribution in [2.24, 2.45) is 0 Å². The molecule has 3 fully saturated rings. The molecule has 56 heavy (non-hydrogen) atoms. The number of aliphatic hydroxyl groups excluding tert-OH is 9. The van der Waals surface area contributed by atoms with E-state index in [0.717, 1.165) is 19.1 Å². The van der Waals surface area contributed by atoms with Crippen molar-refractivity contribution in [2.45, 2.75) is 106 Å². The zero-order valence-corrected chi connectivity index (χ0v) is 29.5. The van der Waals surface area contributed by atoms with E-state index >= 15 is 0 Å². The van der Waals surface area contributed by atoms with Gasteiger partial charge in [-0.3, -0.25) is 9.59 Å². The number of carbonyl (C=O) groups excluding carboxylic acids is 1. The Morgan fingerprint density at radius 3 is 2.02 bits per heavy atom. The molecule has 3 aliphatic heterocycles. The Hall–Kier alpha value is -4.20. The summed E-state index contributed by atoms with van der Waals surface area (Å²) in [5, 5.41) is 114. The van der Waals surface area contributed by atoms with Crippen LogP contribution in [0, 0.1) is 0 Å². The summed E-state index contributed by atoms with van der Waals surface area (Å²) in [5.74, 6) is -3.11. The molecule has 3 aromatic rings. The van der Waals surface area contributed by atoms with E-state index in [1.54, 1.807) is 0 Å². The van der Waals surface area contributed by atoms with Gasteiger partial charge in [0.05, 0.1) is 12.7 Å². The molecule has 4 heterocycles. The van der Waals surface area contributed by atoms with Crippen LogP contribution in [0.1, 0.15) is 13.8 Å². The summed E-state index contributed by atoms with van der Waals surface area (Å²) < 4.78 is 45.2. The Morgan fingerprint density at radius 2 is 1.36 bits per heavy atom. The Morgan fingerprint density at radius 1 is 0.732 bits per heavy atom. The van der Waals surface area contributed by atoms with Crippen molar-refractivity contribution in [3.63, 3.8) is 0 Å². The second-order valence-corrected chi connectivity index (χ2v) is 13.5. The lowest BCUT2D eigenvalue weighted by molar-refractivity contribution is -0.354. The molecule has 0 bridgehead atoms. The first kappa shape index (κ1) is 41.4. The minimum Gasteiger partial charge on any atom is -0.508 e. The Labute approximate surface area is 315 Å². The molecule has 11 N–H and O–H groups in total. The van der Waals surface area contributed by atoms with Crippen molar-refractivity contribution >= 4 is 16.9 Å². The van der Waals surface area contributed by atoms with Crippen LogP contribution in [0.5, 0.6) is 23.0 Å². The topological polar surface area (TPSA) is 334 Å². The summed E-state index contributed by atoms with van der Waals surface area (Å²) in [5.41, 5.74) is -1.35. The zero-order chi connectivity index (χ0) is 40.7. The van der Waals surface area contributed by atoms with Crippen molar-refractivity contribution in [3.8, 4) is 34.3 Å². The summed E-state index contributed by atoms with van der Waals surface area (Å²) in [4.78, 5) is 25.9. The maximum absolute atomic E-state index is 14.3. The second-order valence-electron chi connectivity index (χ2n) is 13.5. The molecule has 15 atom stereocenters. The van der Waals surface area contributed by atoms with E-state index in [0.29, 0.717) is 0 Å². The van der Waals surface area contributed by atoms with Gasteiger partial charge in [-0.25, -0.2) is 0 Å². The number of hydrogen-bond donors (Lipinski definition) is 11. The molecule has 3 saturated heterocycles. The van der Waals surface area contributed by atoms with Gasteiger partial charge in [-0.2, -0.15) is 0 Å². The van der Waals surface area contributed by atoms with E-state index in [2.05, 4.69) is 0 Å². The number of esters is 1. The number of aliphatic hydroxyl groups is 9. The van der Waals surface area contributed by atoms with Crippen LogP contribution in [0.4, 0.5) is 0 Å². The standard InChI is InChI=1S/C35H42O21/c1-11-21(40)25(44)28(47)33(50-11)56-32-27(46)23(42)19(10-49-12(2)37)54-35(32)55-31-24(43)20-16(39)7-15(51-34-29(48)26(45)22(41)18(9-36)53-34)8-17(20)52-30(31)13-3-5-14(38)6-4-13/h3-8,11,18-19,21-23,25-29,32-36,38-42,44-48H,9-10H2,1-2H3/t11-,18-,19+,21+,22+,23+,25-,26-,27-,28-,29+,32+,33+,34-,35-/m1/s1. The van der Waals surface area contributed by atoms with E-state index in [1.165, 1.54) is 31.2 Å². The molecule has 0 aliphatic carbocycles. The predicted molar refractivity (Wildman–Crippen MR) is 181 cm³/mol. The maximum Gasteiger partial charge on any atom is 0.302 e. The summed E-state index contributed by atoms with van der Waals surface area (Å²) in [7, 11) is 0. The summed E-state index contributed by atoms with van der Waals surface area (Å²) in [6.07, 6.45) is -25.6. The van der Waals surface area contributed by atoms with Crippen LogP contribution in [-0.4, -0.2) is 167 Å². The molecule has 21 heteroatoms. The fourth-order valence-electron chi connectivity index (χ4n) is 6.41. The van der Waals surface area contributed by atoms with Gasteiger partial charge in [0.2, 0.25) is 23.8 Å². The third-order valence-corrected chi connectivity index (χ3v) is 9.57. The van der Waals surface area contributed by atoms with Gasteiger partial charge in [0.15, 0.2) is 18.2 Å². The lowest BCUT2D eigenvalue weighted by atomic mass is 9.97. The number of aromatic hydroxyl groups is 2. The molecule has 308 valence electrons. The maximum atomic E-state index is 14.3. The molecule has 0 spiro atoms. The molecular weight excluding hydrogens is 756 g/mol. The fraction of sp³-hybridized carbons (Fsp3) is 0.543. The van der Waals surface area contributed by atoms with Crippen LogP contribution in [0.2, 0.25) is 0 Å². The molecule has 6 rings (SSSR count). The van der Waals surface area contributed by atoms with Crippen molar-refractivity contribution in [3.05, 3.63) is 46.6 Å². The normalized spacial score (nSPS) is 36.2. The molecule has 0 unspecified atom stereocenters. The summed E-state index contributed by atoms with van der Waals surface area (Å²) >= 11 is 0. The second kappa shape index (κ2) is 16.7. The minimum absolute atomic E-state index is 0.0823. The fourth-order valence-corrected chi connectivity index (χ4v) is 6.41. The lowest BCUT2D eigenvalue weighted by Crippen LogP contribution is -2.64. The van der Waals surface area contributed by atoms with Gasteiger partial charge in [-0.1, -0.05) is 0 Å². The quantitative estimate of drug-likeness (QED) is 0.0893. The van der Waals surface area contributed by atoms with Crippen LogP contribution >= 0.6 is 0 Å². The van der Waals surface area contributed by atoms with E-state index in [-0.39, 0.29) is 28.4 Å². The zero-order valence-electron chi connectivity index (χ0n) is 29.5. The first-order chi connectivity index (χ1) is 26.5. The van der Waals surface area contributed by atoms with E-state index < -0.39 is 134 Å². The Bertz CT molecular complexity index is 1900. The first-order valence-electron chi connectivity index (χ1n) is 17.3. The van der Waals surface area contributed by atoms with Crippen molar-refractivity contribution in [1.29, 1.82) is 0 Å². The molecule has 0 radical (unpaired) electrons. The number of carbonyl (C=O) groups is 1. The average Bonchev–Trinajstić information content (AvgIpc) is 3.16. The molecule has 3 aliphatic rings. The highest BCUT2D eigenvalue weighted by atomic mass is 16.8. The third-order valence-electron chi connectivity index (χ3n) is 9.57. The first-order valence-corrected chi connectivity index (χ1v) is 17.3. The van der Waals surface area contributed by atoms with E-state index in [1.807, 2.05) is 0 Å². The van der Waals surface area contributed by atoms with Gasteiger partial charge in [-0.05, 0) is 31.2 Å². The average molecular weight is 799 g/mol. The highest BCUT2D eigenvalue weighted by molar-refractivity contribution is 5.88. The van der Waals surface area contributed by atoms with Crippen LogP contribution in [0.25, 0.3) is 22.3 Å². The number of ether oxygens (including phenoxy) is 7. The molecule has 21 nitrogen and oxygen atoms in total.